The second-order valence-electron chi connectivity index (χ2n) is 2.95. The maximum Gasteiger partial charge on any atom is 0.233 e. The van der Waals surface area contributed by atoms with Crippen LogP contribution in [0.25, 0.3) is 0 Å². The average molecular weight is 235 g/mol. The molecule has 0 unspecified atom stereocenters. The van der Waals surface area contributed by atoms with Gasteiger partial charge in [-0.1, -0.05) is 22.9 Å². The molecule has 1 amide bonds. The van der Waals surface area contributed by atoms with Gasteiger partial charge in [0.2, 0.25) is 5.91 Å². The van der Waals surface area contributed by atoms with E-state index in [2.05, 4.69) is 27.8 Å². The molecule has 0 saturated carbocycles. The number of hydrogen-bond donors (Lipinski definition) is 0. The molecule has 0 bridgehead atoms. The molecule has 0 N–H and O–H groups in total. The molecule has 4 heteroatoms. The zero-order valence-electron chi connectivity index (χ0n) is 7.42. The van der Waals surface area contributed by atoms with E-state index in [1.807, 2.05) is 4.90 Å². The zero-order valence-corrected chi connectivity index (χ0v) is 9.01. The van der Waals surface area contributed by atoms with Crippen LogP contribution in [0.4, 0.5) is 0 Å². The summed E-state index contributed by atoms with van der Waals surface area (Å²) in [5.74, 6) is 0.214. The quantitative estimate of drug-likeness (QED) is 0.652. The SMILES string of the molecule is CCN1CCN(C(=O)CBr)CC1. The lowest BCUT2D eigenvalue weighted by molar-refractivity contribution is -0.129. The number of halogens is 1. The Bertz CT molecular complexity index is 155. The summed E-state index contributed by atoms with van der Waals surface area (Å²) in [4.78, 5) is 15.5. The van der Waals surface area contributed by atoms with Gasteiger partial charge in [-0.3, -0.25) is 4.79 Å². The molecule has 3 nitrogen and oxygen atoms in total. The molecule has 0 atom stereocenters. The van der Waals surface area contributed by atoms with Crippen LogP contribution in [-0.4, -0.2) is 53.8 Å². The molecule has 1 saturated heterocycles. The van der Waals surface area contributed by atoms with Crippen LogP contribution in [0.15, 0.2) is 0 Å². The highest BCUT2D eigenvalue weighted by atomic mass is 79.9. The number of piperazine rings is 1. The molecular formula is C8H15BrN2O. The van der Waals surface area contributed by atoms with Gasteiger partial charge in [0.15, 0.2) is 0 Å². The second kappa shape index (κ2) is 4.82. The van der Waals surface area contributed by atoms with E-state index < -0.39 is 0 Å². The van der Waals surface area contributed by atoms with Crippen LogP contribution in [0.2, 0.25) is 0 Å². The highest BCUT2D eigenvalue weighted by Gasteiger charge is 2.18. The smallest absolute Gasteiger partial charge is 0.233 e. The van der Waals surface area contributed by atoms with Crippen molar-refractivity contribution in [3.05, 3.63) is 0 Å². The van der Waals surface area contributed by atoms with Gasteiger partial charge in [0, 0.05) is 26.2 Å². The minimum absolute atomic E-state index is 0.214. The maximum atomic E-state index is 11.2. The molecule has 1 fully saturated rings. The van der Waals surface area contributed by atoms with Crippen LogP contribution in [0, 0.1) is 0 Å². The minimum Gasteiger partial charge on any atom is -0.339 e. The van der Waals surface area contributed by atoms with E-state index in [9.17, 15) is 4.79 Å². The molecule has 1 aliphatic heterocycles. The molecule has 0 aromatic carbocycles. The summed E-state index contributed by atoms with van der Waals surface area (Å²) in [5.41, 5.74) is 0. The summed E-state index contributed by atoms with van der Waals surface area (Å²) in [6.45, 7) is 7.07. The lowest BCUT2D eigenvalue weighted by Crippen LogP contribution is -2.48. The van der Waals surface area contributed by atoms with E-state index >= 15 is 0 Å². The third-order valence-corrected chi connectivity index (χ3v) is 2.77. The summed E-state index contributed by atoms with van der Waals surface area (Å²) in [7, 11) is 0. The lowest BCUT2D eigenvalue weighted by atomic mass is 10.3. The first kappa shape index (κ1) is 9.99. The molecule has 0 radical (unpaired) electrons. The van der Waals surface area contributed by atoms with Crippen molar-refractivity contribution in [1.82, 2.24) is 9.80 Å². The van der Waals surface area contributed by atoms with Crippen LogP contribution in [-0.2, 0) is 4.79 Å². The van der Waals surface area contributed by atoms with Crippen LogP contribution >= 0.6 is 15.9 Å². The number of nitrogens with zero attached hydrogens (tertiary/aromatic N) is 2. The first-order chi connectivity index (χ1) is 5.77. The molecule has 1 rings (SSSR count). The Hall–Kier alpha value is -0.0900. The molecule has 1 heterocycles. The van der Waals surface area contributed by atoms with Gasteiger partial charge < -0.3 is 9.80 Å². The van der Waals surface area contributed by atoms with E-state index in [1.54, 1.807) is 0 Å². The second-order valence-corrected chi connectivity index (χ2v) is 3.51. The Morgan fingerprint density at radius 3 is 2.33 bits per heavy atom. The molecule has 0 spiro atoms. The highest BCUT2D eigenvalue weighted by Crippen LogP contribution is 2.02. The monoisotopic (exact) mass is 234 g/mol. The molecule has 0 aromatic rings. The average Bonchev–Trinajstić information content (AvgIpc) is 2.17. The molecule has 70 valence electrons. The van der Waals surface area contributed by atoms with Crippen LogP contribution in [0.5, 0.6) is 0 Å². The predicted molar refractivity (Wildman–Crippen MR) is 52.5 cm³/mol. The first-order valence-electron chi connectivity index (χ1n) is 4.34. The highest BCUT2D eigenvalue weighted by molar-refractivity contribution is 9.09. The first-order valence-corrected chi connectivity index (χ1v) is 5.46. The largest absolute Gasteiger partial charge is 0.339 e. The summed E-state index contributed by atoms with van der Waals surface area (Å²) in [6.07, 6.45) is 0. The van der Waals surface area contributed by atoms with E-state index in [0.29, 0.717) is 5.33 Å². The van der Waals surface area contributed by atoms with Crippen LogP contribution < -0.4 is 0 Å². The third-order valence-electron chi connectivity index (χ3n) is 2.29. The fourth-order valence-electron chi connectivity index (χ4n) is 1.40. The van der Waals surface area contributed by atoms with Crippen molar-refractivity contribution < 1.29 is 4.79 Å². The summed E-state index contributed by atoms with van der Waals surface area (Å²) < 4.78 is 0. The molecule has 0 aromatic heterocycles. The normalized spacial score (nSPS) is 19.7. The molecular weight excluding hydrogens is 220 g/mol. The number of rotatable bonds is 2. The standard InChI is InChI=1S/C8H15BrN2O/c1-2-10-3-5-11(6-4-10)8(12)7-9/h2-7H2,1H3. The number of alkyl halides is 1. The Balaban J connectivity index is 2.30. The van der Waals surface area contributed by atoms with Gasteiger partial charge in [0.05, 0.1) is 5.33 Å². The Morgan fingerprint density at radius 2 is 1.92 bits per heavy atom. The van der Waals surface area contributed by atoms with Crippen molar-refractivity contribution in [2.75, 3.05) is 38.1 Å². The van der Waals surface area contributed by atoms with Crippen molar-refractivity contribution >= 4 is 21.8 Å². The van der Waals surface area contributed by atoms with Crippen molar-refractivity contribution in [3.63, 3.8) is 0 Å². The fraction of sp³-hybridized carbons (Fsp3) is 0.875. The Kier molecular flexibility index (Phi) is 4.01. The topological polar surface area (TPSA) is 23.6 Å². The van der Waals surface area contributed by atoms with Gasteiger partial charge in [0.25, 0.3) is 0 Å². The van der Waals surface area contributed by atoms with E-state index in [1.165, 1.54) is 0 Å². The number of carbonyl (C=O) groups excluding carboxylic acids is 1. The van der Waals surface area contributed by atoms with Gasteiger partial charge in [-0.25, -0.2) is 0 Å². The maximum absolute atomic E-state index is 11.2. The number of amides is 1. The van der Waals surface area contributed by atoms with E-state index in [4.69, 9.17) is 0 Å². The number of likely N-dealkylation sites (N-methyl/N-ethyl adjacent to an activating group) is 1. The fourth-order valence-corrected chi connectivity index (χ4v) is 1.75. The van der Waals surface area contributed by atoms with Crippen molar-refractivity contribution in [1.29, 1.82) is 0 Å². The Morgan fingerprint density at radius 1 is 1.33 bits per heavy atom. The predicted octanol–water partition coefficient (Wildman–Crippen LogP) is 0.545. The molecule has 0 aliphatic carbocycles. The third kappa shape index (κ3) is 2.45. The van der Waals surface area contributed by atoms with Crippen molar-refractivity contribution in [3.8, 4) is 0 Å². The molecule has 1 aliphatic rings. The zero-order chi connectivity index (χ0) is 8.97. The van der Waals surface area contributed by atoms with E-state index in [0.717, 1.165) is 32.7 Å². The van der Waals surface area contributed by atoms with Gasteiger partial charge in [-0.05, 0) is 6.54 Å². The summed E-state index contributed by atoms with van der Waals surface area (Å²) >= 11 is 3.18. The van der Waals surface area contributed by atoms with Gasteiger partial charge in [0.1, 0.15) is 0 Å². The summed E-state index contributed by atoms with van der Waals surface area (Å²) in [5, 5.41) is 0.457. The van der Waals surface area contributed by atoms with Crippen LogP contribution in [0.3, 0.4) is 0 Å². The number of carbonyl (C=O) groups is 1. The van der Waals surface area contributed by atoms with Crippen molar-refractivity contribution in [2.45, 2.75) is 6.92 Å². The van der Waals surface area contributed by atoms with Gasteiger partial charge in [-0.2, -0.15) is 0 Å². The van der Waals surface area contributed by atoms with Crippen molar-refractivity contribution in [2.24, 2.45) is 0 Å². The lowest BCUT2D eigenvalue weighted by Gasteiger charge is -2.33. The van der Waals surface area contributed by atoms with Gasteiger partial charge in [-0.15, -0.1) is 0 Å². The minimum atomic E-state index is 0.214. The molecule has 12 heavy (non-hydrogen) atoms. The summed E-state index contributed by atoms with van der Waals surface area (Å²) in [6, 6.07) is 0. The number of hydrogen-bond acceptors (Lipinski definition) is 2. The van der Waals surface area contributed by atoms with Gasteiger partial charge >= 0.3 is 0 Å². The Labute approximate surface area is 81.8 Å². The van der Waals surface area contributed by atoms with Crippen LogP contribution in [0.1, 0.15) is 6.92 Å². The van der Waals surface area contributed by atoms with E-state index in [-0.39, 0.29) is 5.91 Å².